The smallest absolute Gasteiger partial charge is 0.106 e. The number of aliphatic hydroxyl groups is 1. The highest BCUT2D eigenvalue weighted by Crippen LogP contribution is 2.24. The fourth-order valence-corrected chi connectivity index (χ4v) is 1.44. The first-order valence-corrected chi connectivity index (χ1v) is 4.40. The summed E-state index contributed by atoms with van der Waals surface area (Å²) in [5, 5.41) is 9.63. The molecular weight excluding hydrogens is 176 g/mol. The molecule has 0 saturated heterocycles. The molecule has 1 rings (SSSR count). The third-order valence-electron chi connectivity index (χ3n) is 2.10. The zero-order valence-corrected chi connectivity index (χ0v) is 8.22. The Kier molecular flexibility index (Phi) is 3.54. The van der Waals surface area contributed by atoms with Gasteiger partial charge in [0.1, 0.15) is 6.04 Å². The van der Waals surface area contributed by atoms with Crippen molar-refractivity contribution in [3.05, 3.63) is 35.6 Å². The third kappa shape index (κ3) is 1.88. The molecule has 0 amide bonds. The summed E-state index contributed by atoms with van der Waals surface area (Å²) in [6.45, 7) is 8.84. The van der Waals surface area contributed by atoms with Gasteiger partial charge in [-0.25, -0.2) is 0 Å². The van der Waals surface area contributed by atoms with Crippen molar-refractivity contribution >= 4 is 13.4 Å². The van der Waals surface area contributed by atoms with Crippen LogP contribution < -0.4 is 0 Å². The van der Waals surface area contributed by atoms with E-state index in [1.807, 2.05) is 19.1 Å². The zero-order chi connectivity index (χ0) is 10.6. The second-order valence-electron chi connectivity index (χ2n) is 2.98. The summed E-state index contributed by atoms with van der Waals surface area (Å²) >= 11 is 0. The maximum atomic E-state index is 9.63. The standard InChI is InChI=1S/C11H14N2O/c1-4-5-8-9(12-2)6-7-10(14)11(8)13-3/h4-7,10-11,14H,2-3H2,1H3/b5-4-. The van der Waals surface area contributed by atoms with E-state index in [4.69, 9.17) is 0 Å². The molecule has 74 valence electrons. The molecular formula is C11H14N2O. The predicted octanol–water partition coefficient (Wildman–Crippen LogP) is 1.52. The van der Waals surface area contributed by atoms with E-state index in [1.54, 1.807) is 12.2 Å². The van der Waals surface area contributed by atoms with E-state index in [1.165, 1.54) is 0 Å². The van der Waals surface area contributed by atoms with Gasteiger partial charge in [-0.05, 0) is 26.4 Å². The van der Waals surface area contributed by atoms with Gasteiger partial charge in [0.05, 0.1) is 11.8 Å². The van der Waals surface area contributed by atoms with E-state index in [2.05, 4.69) is 23.4 Å². The molecule has 0 spiro atoms. The van der Waals surface area contributed by atoms with E-state index in [9.17, 15) is 5.11 Å². The highest BCUT2D eigenvalue weighted by Gasteiger charge is 2.23. The van der Waals surface area contributed by atoms with Crippen molar-refractivity contribution in [1.82, 2.24) is 0 Å². The maximum absolute atomic E-state index is 9.63. The van der Waals surface area contributed by atoms with Gasteiger partial charge in [-0.15, -0.1) is 0 Å². The predicted molar refractivity (Wildman–Crippen MR) is 59.9 cm³/mol. The number of aliphatic imine (C=N–C) groups is 2. The van der Waals surface area contributed by atoms with Crippen LogP contribution >= 0.6 is 0 Å². The van der Waals surface area contributed by atoms with Gasteiger partial charge >= 0.3 is 0 Å². The summed E-state index contributed by atoms with van der Waals surface area (Å²) in [4.78, 5) is 7.75. The summed E-state index contributed by atoms with van der Waals surface area (Å²) in [6, 6.07) is -0.336. The average molecular weight is 190 g/mol. The van der Waals surface area contributed by atoms with Crippen molar-refractivity contribution in [2.75, 3.05) is 0 Å². The van der Waals surface area contributed by atoms with Crippen LogP contribution in [0.2, 0.25) is 0 Å². The largest absolute Gasteiger partial charge is 0.386 e. The maximum Gasteiger partial charge on any atom is 0.106 e. The highest BCUT2D eigenvalue weighted by molar-refractivity contribution is 5.47. The molecule has 1 aliphatic carbocycles. The molecule has 2 atom stereocenters. The van der Waals surface area contributed by atoms with Crippen molar-refractivity contribution in [2.24, 2.45) is 9.98 Å². The van der Waals surface area contributed by atoms with E-state index < -0.39 is 6.10 Å². The Balaban J connectivity index is 3.17. The van der Waals surface area contributed by atoms with Gasteiger partial charge in [-0.1, -0.05) is 18.2 Å². The molecule has 0 heterocycles. The monoisotopic (exact) mass is 190 g/mol. The van der Waals surface area contributed by atoms with E-state index in [0.29, 0.717) is 0 Å². The van der Waals surface area contributed by atoms with Crippen molar-refractivity contribution in [1.29, 1.82) is 0 Å². The quantitative estimate of drug-likeness (QED) is 0.674. The Morgan fingerprint density at radius 1 is 1.50 bits per heavy atom. The molecule has 3 nitrogen and oxygen atoms in total. The first-order chi connectivity index (χ1) is 6.74. The second-order valence-corrected chi connectivity index (χ2v) is 2.98. The van der Waals surface area contributed by atoms with Gasteiger partial charge in [0.15, 0.2) is 0 Å². The molecule has 0 aromatic heterocycles. The summed E-state index contributed by atoms with van der Waals surface area (Å²) in [7, 11) is 0. The van der Waals surface area contributed by atoms with Crippen LogP contribution in [-0.4, -0.2) is 30.7 Å². The molecule has 3 heteroatoms. The van der Waals surface area contributed by atoms with Crippen LogP contribution in [0, 0.1) is 0 Å². The van der Waals surface area contributed by atoms with Crippen LogP contribution in [-0.2, 0) is 0 Å². The van der Waals surface area contributed by atoms with E-state index in [-0.39, 0.29) is 6.04 Å². The fraction of sp³-hybridized carbons (Fsp3) is 0.273. The van der Waals surface area contributed by atoms with Gasteiger partial charge in [0.25, 0.3) is 0 Å². The molecule has 0 bridgehead atoms. The Hall–Kier alpha value is -1.48. The van der Waals surface area contributed by atoms with Crippen LogP contribution in [0.4, 0.5) is 0 Å². The normalized spacial score (nSPS) is 27.0. The molecule has 0 fully saturated rings. The molecule has 0 saturated carbocycles. The van der Waals surface area contributed by atoms with E-state index in [0.717, 1.165) is 11.3 Å². The zero-order valence-electron chi connectivity index (χ0n) is 8.22. The summed E-state index contributed by atoms with van der Waals surface area (Å²) in [6.07, 6.45) is 6.52. The van der Waals surface area contributed by atoms with Gasteiger partial charge in [-0.3, -0.25) is 9.98 Å². The van der Waals surface area contributed by atoms with Crippen LogP contribution in [0.15, 0.2) is 45.6 Å². The Bertz CT molecular complexity index is 326. The highest BCUT2D eigenvalue weighted by atomic mass is 16.3. The number of allylic oxidation sites excluding steroid dienone is 2. The minimum atomic E-state index is -0.621. The Morgan fingerprint density at radius 3 is 2.71 bits per heavy atom. The topological polar surface area (TPSA) is 45.0 Å². The minimum absolute atomic E-state index is 0.336. The lowest BCUT2D eigenvalue weighted by Crippen LogP contribution is -2.26. The number of hydrogen-bond acceptors (Lipinski definition) is 3. The molecule has 0 radical (unpaired) electrons. The van der Waals surface area contributed by atoms with Crippen LogP contribution in [0.25, 0.3) is 0 Å². The van der Waals surface area contributed by atoms with Crippen molar-refractivity contribution < 1.29 is 5.11 Å². The van der Waals surface area contributed by atoms with Crippen molar-refractivity contribution in [3.63, 3.8) is 0 Å². The van der Waals surface area contributed by atoms with Gasteiger partial charge < -0.3 is 5.11 Å². The molecule has 0 aromatic rings. The number of rotatable bonds is 3. The van der Waals surface area contributed by atoms with Crippen LogP contribution in [0.3, 0.4) is 0 Å². The Labute approximate surface area is 83.9 Å². The molecule has 1 N–H and O–H groups in total. The van der Waals surface area contributed by atoms with Crippen molar-refractivity contribution in [2.45, 2.75) is 19.1 Å². The van der Waals surface area contributed by atoms with Crippen LogP contribution in [0.1, 0.15) is 6.92 Å². The minimum Gasteiger partial charge on any atom is -0.386 e. The fourth-order valence-electron chi connectivity index (χ4n) is 1.44. The SMILES string of the molecule is C=NC1=C(/C=C\C)C(N=C)C(O)C=C1. The van der Waals surface area contributed by atoms with Crippen LogP contribution in [0.5, 0.6) is 0 Å². The lowest BCUT2D eigenvalue weighted by Gasteiger charge is -2.22. The van der Waals surface area contributed by atoms with E-state index >= 15 is 0 Å². The third-order valence-corrected chi connectivity index (χ3v) is 2.10. The summed E-state index contributed by atoms with van der Waals surface area (Å²) < 4.78 is 0. The molecule has 1 aliphatic rings. The summed E-state index contributed by atoms with van der Waals surface area (Å²) in [5.74, 6) is 0. The first kappa shape index (κ1) is 10.6. The molecule has 0 aliphatic heterocycles. The number of hydrogen-bond donors (Lipinski definition) is 1. The second kappa shape index (κ2) is 4.67. The lowest BCUT2D eigenvalue weighted by molar-refractivity contribution is 0.204. The number of nitrogens with zero attached hydrogens (tertiary/aromatic N) is 2. The summed E-state index contributed by atoms with van der Waals surface area (Å²) in [5.41, 5.74) is 1.60. The lowest BCUT2D eigenvalue weighted by atomic mass is 9.94. The van der Waals surface area contributed by atoms with Gasteiger partial charge in [0, 0.05) is 5.57 Å². The average Bonchev–Trinajstić information content (AvgIpc) is 2.19. The molecule has 0 aromatic carbocycles. The Morgan fingerprint density at radius 2 is 2.21 bits per heavy atom. The molecule has 2 unspecified atom stereocenters. The van der Waals surface area contributed by atoms with Crippen molar-refractivity contribution in [3.8, 4) is 0 Å². The number of aliphatic hydroxyl groups excluding tert-OH is 1. The van der Waals surface area contributed by atoms with Gasteiger partial charge in [-0.2, -0.15) is 0 Å². The first-order valence-electron chi connectivity index (χ1n) is 4.40. The van der Waals surface area contributed by atoms with Gasteiger partial charge in [0.2, 0.25) is 0 Å². The molecule has 14 heavy (non-hydrogen) atoms.